The molecule has 0 atom stereocenters. The largest absolute Gasteiger partial charge is 0.455 e. The first-order chi connectivity index (χ1) is 34.0. The van der Waals surface area contributed by atoms with Gasteiger partial charge in [0.05, 0.1) is 22.1 Å². The van der Waals surface area contributed by atoms with Crippen LogP contribution in [0.15, 0.2) is 199 Å². The molecule has 0 unspecified atom stereocenters. The molecule has 4 nitrogen and oxygen atoms in total. The maximum Gasteiger partial charge on any atom is 0.211 e. The average molecular weight is 921 g/mol. The van der Waals surface area contributed by atoms with Gasteiger partial charge in [0.1, 0.15) is 11.2 Å². The Kier molecular flexibility index (Phi) is 9.60. The second-order valence-electron chi connectivity index (χ2n) is 20.9. The van der Waals surface area contributed by atoms with Crippen LogP contribution in [0.1, 0.15) is 52.7 Å². The predicted molar refractivity (Wildman–Crippen MR) is 301 cm³/mol. The lowest BCUT2D eigenvalue weighted by Crippen LogP contribution is -2.35. The van der Waals surface area contributed by atoms with E-state index in [-0.39, 0.29) is 10.8 Å². The SMILES string of the molecule is CC(C)(C)c1ccc(N(c2ccc(C(C)(C)C)cc2)c2ccc(-c3c4c5c(c6ccccc6n5-c5c(sc6ccc(-c7ccccc7)cc56)[B]4)c4oc5ccccc5c34)c(Nc3ccccc3)c2)cc1. The van der Waals surface area contributed by atoms with E-state index in [1.54, 1.807) is 0 Å². The smallest absolute Gasteiger partial charge is 0.211 e. The zero-order valence-corrected chi connectivity index (χ0v) is 41.1. The van der Waals surface area contributed by atoms with E-state index >= 15 is 0 Å². The van der Waals surface area contributed by atoms with Crippen molar-refractivity contribution in [3.8, 4) is 27.9 Å². The van der Waals surface area contributed by atoms with E-state index in [2.05, 4.69) is 258 Å². The molecular weight excluding hydrogens is 870 g/mol. The molecule has 13 rings (SSSR count). The van der Waals surface area contributed by atoms with Gasteiger partial charge in [0.25, 0.3) is 0 Å². The molecule has 3 aromatic heterocycles. The number of para-hydroxylation sites is 3. The van der Waals surface area contributed by atoms with Crippen LogP contribution in [-0.2, 0) is 10.8 Å². The van der Waals surface area contributed by atoms with Gasteiger partial charge in [-0.2, -0.15) is 0 Å². The fraction of sp³-hybridized carbons (Fsp3) is 0.125. The molecule has 70 heavy (non-hydrogen) atoms. The van der Waals surface area contributed by atoms with Gasteiger partial charge in [-0.05, 0) is 122 Å². The van der Waals surface area contributed by atoms with E-state index in [4.69, 9.17) is 4.42 Å². The number of nitrogens with one attached hydrogen (secondary N) is 1. The van der Waals surface area contributed by atoms with Gasteiger partial charge in [0.15, 0.2) is 0 Å². The minimum atomic E-state index is 0.0283. The van der Waals surface area contributed by atoms with Crippen molar-refractivity contribution in [3.63, 3.8) is 0 Å². The number of nitrogens with zero attached hydrogens (tertiary/aromatic N) is 2. The first-order valence-electron chi connectivity index (χ1n) is 24.3. The van der Waals surface area contributed by atoms with Crippen molar-refractivity contribution >= 4 is 111 Å². The number of fused-ring (bicyclic) bond motifs is 11. The standard InChI is InChI=1S/C64H51BN3OS/c1-63(2,3)41-26-30-44(31-27-41)67(45-32-28-42(29-33-45)64(4,5)6)46-34-35-47(51(38-46)66-43-19-11-8-12-20-43)55-56-49-22-14-16-24-53(49)69-61(56)57-48-21-13-15-23-52(48)68-59-50-37-40(39-17-9-7-10-18-39)25-36-54(50)70-62(59)65-58(55)60(57)68/h7-38,66H,1-6H3. The second kappa shape index (κ2) is 15.9. The van der Waals surface area contributed by atoms with Gasteiger partial charge in [-0.1, -0.05) is 163 Å². The molecule has 1 aliphatic rings. The summed E-state index contributed by atoms with van der Waals surface area (Å²) in [6, 6.07) is 70.9. The average Bonchev–Trinajstić information content (AvgIpc) is 4.05. The van der Waals surface area contributed by atoms with Gasteiger partial charge >= 0.3 is 0 Å². The zero-order chi connectivity index (χ0) is 47.5. The van der Waals surface area contributed by atoms with Gasteiger partial charge in [0.2, 0.25) is 7.28 Å². The zero-order valence-electron chi connectivity index (χ0n) is 40.3. The molecule has 6 heteroatoms. The quantitative estimate of drug-likeness (QED) is 0.162. The summed E-state index contributed by atoms with van der Waals surface area (Å²) in [5.74, 6) is 0. The minimum Gasteiger partial charge on any atom is -0.455 e. The Morgan fingerprint density at radius 1 is 0.543 bits per heavy atom. The molecule has 1 aliphatic heterocycles. The van der Waals surface area contributed by atoms with Crippen LogP contribution < -0.4 is 20.5 Å². The highest BCUT2D eigenvalue weighted by Crippen LogP contribution is 2.49. The van der Waals surface area contributed by atoms with Crippen LogP contribution in [0.25, 0.3) is 81.8 Å². The van der Waals surface area contributed by atoms with E-state index in [1.807, 2.05) is 11.3 Å². The topological polar surface area (TPSA) is 33.3 Å². The van der Waals surface area contributed by atoms with Crippen LogP contribution in [-0.4, -0.2) is 11.8 Å². The van der Waals surface area contributed by atoms with Crippen molar-refractivity contribution in [3.05, 3.63) is 205 Å². The van der Waals surface area contributed by atoms with Crippen molar-refractivity contribution in [2.24, 2.45) is 0 Å². The number of furan rings is 1. The Morgan fingerprint density at radius 2 is 1.16 bits per heavy atom. The van der Waals surface area contributed by atoms with E-state index in [1.165, 1.54) is 59.2 Å². The summed E-state index contributed by atoms with van der Waals surface area (Å²) in [5, 5.41) is 9.76. The molecule has 0 saturated carbocycles. The fourth-order valence-corrected chi connectivity index (χ4v) is 11.9. The van der Waals surface area contributed by atoms with Gasteiger partial charge in [-0.25, -0.2) is 0 Å². The van der Waals surface area contributed by atoms with Crippen LogP contribution in [0.5, 0.6) is 0 Å². The summed E-state index contributed by atoms with van der Waals surface area (Å²) < 4.78 is 12.2. The van der Waals surface area contributed by atoms with Crippen LogP contribution in [0.3, 0.4) is 0 Å². The summed E-state index contributed by atoms with van der Waals surface area (Å²) in [7, 11) is 2.47. The molecule has 0 spiro atoms. The lowest BCUT2D eigenvalue weighted by molar-refractivity contribution is 0.590. The van der Waals surface area contributed by atoms with E-state index < -0.39 is 0 Å². The molecule has 0 fully saturated rings. The van der Waals surface area contributed by atoms with Gasteiger partial charge in [-0.3, -0.25) is 0 Å². The summed E-state index contributed by atoms with van der Waals surface area (Å²) in [6.07, 6.45) is 0. The first kappa shape index (κ1) is 42.3. The summed E-state index contributed by atoms with van der Waals surface area (Å²) in [6.45, 7) is 13.6. The van der Waals surface area contributed by atoms with Crippen LogP contribution in [0, 0.1) is 0 Å². The summed E-state index contributed by atoms with van der Waals surface area (Å²) >= 11 is 1.87. The molecule has 12 aromatic rings. The third-order valence-corrected chi connectivity index (χ3v) is 15.4. The Balaban J connectivity index is 1.10. The van der Waals surface area contributed by atoms with Gasteiger partial charge in [0, 0.05) is 60.2 Å². The number of hydrogen-bond donors (Lipinski definition) is 1. The Labute approximate surface area is 413 Å². The second-order valence-corrected chi connectivity index (χ2v) is 21.9. The normalized spacial score (nSPS) is 12.5. The molecule has 9 aromatic carbocycles. The maximum atomic E-state index is 7.16. The number of hydrogen-bond acceptors (Lipinski definition) is 4. The lowest BCUT2D eigenvalue weighted by atomic mass is 9.62. The molecule has 337 valence electrons. The Hall–Kier alpha value is -7.80. The monoisotopic (exact) mass is 920 g/mol. The molecule has 1 N–H and O–H groups in total. The summed E-state index contributed by atoms with van der Waals surface area (Å²) in [4.78, 5) is 2.39. The Bertz CT molecular complexity index is 3940. The highest BCUT2D eigenvalue weighted by atomic mass is 32.1. The van der Waals surface area contributed by atoms with Crippen LogP contribution in [0.2, 0.25) is 0 Å². The van der Waals surface area contributed by atoms with Gasteiger partial charge in [-0.15, -0.1) is 11.3 Å². The summed E-state index contributed by atoms with van der Waals surface area (Å²) in [5.41, 5.74) is 19.1. The van der Waals surface area contributed by atoms with Crippen LogP contribution in [0.4, 0.5) is 28.4 Å². The molecule has 0 aliphatic carbocycles. The number of benzene rings is 9. The highest BCUT2D eigenvalue weighted by molar-refractivity contribution is 7.29. The minimum absolute atomic E-state index is 0.0283. The number of rotatable bonds is 7. The molecule has 4 heterocycles. The van der Waals surface area contributed by atoms with Crippen molar-refractivity contribution in [2.45, 2.75) is 52.4 Å². The van der Waals surface area contributed by atoms with E-state index in [0.29, 0.717) is 0 Å². The molecule has 1 radical (unpaired) electrons. The van der Waals surface area contributed by atoms with E-state index in [9.17, 15) is 0 Å². The predicted octanol–water partition coefficient (Wildman–Crippen LogP) is 17.0. The van der Waals surface area contributed by atoms with Crippen molar-refractivity contribution < 1.29 is 4.42 Å². The molecule has 0 saturated heterocycles. The first-order valence-corrected chi connectivity index (χ1v) is 25.1. The van der Waals surface area contributed by atoms with Crippen molar-refractivity contribution in [1.82, 2.24) is 4.57 Å². The van der Waals surface area contributed by atoms with E-state index in [0.717, 1.165) is 72.4 Å². The lowest BCUT2D eigenvalue weighted by Gasteiger charge is -2.29. The number of anilines is 5. The third kappa shape index (κ3) is 6.80. The maximum absolute atomic E-state index is 7.16. The highest BCUT2D eigenvalue weighted by Gasteiger charge is 2.34. The van der Waals surface area contributed by atoms with Crippen LogP contribution >= 0.6 is 11.3 Å². The molecule has 0 bridgehead atoms. The van der Waals surface area contributed by atoms with Crippen molar-refractivity contribution in [1.29, 1.82) is 0 Å². The number of thiophene rings is 1. The Morgan fingerprint density at radius 3 is 1.84 bits per heavy atom. The molecule has 0 amide bonds. The molecular formula is C64H51BN3OS. The fourth-order valence-electron chi connectivity index (χ4n) is 10.8. The van der Waals surface area contributed by atoms with Crippen molar-refractivity contribution in [2.75, 3.05) is 10.2 Å². The number of aromatic nitrogens is 1. The van der Waals surface area contributed by atoms with Gasteiger partial charge < -0.3 is 19.2 Å². The third-order valence-electron chi connectivity index (χ3n) is 14.3.